The number of rotatable bonds is 0. The van der Waals surface area contributed by atoms with E-state index in [1.165, 1.54) is 54.7 Å². The maximum Gasteiger partial charge on any atom is 0.179 e. The zero-order chi connectivity index (χ0) is 22.6. The van der Waals surface area contributed by atoms with Crippen LogP contribution in [0.15, 0.2) is 84.9 Å². The number of benzene rings is 4. The van der Waals surface area contributed by atoms with Gasteiger partial charge in [-0.25, -0.2) is 0 Å². The van der Waals surface area contributed by atoms with Crippen molar-refractivity contribution in [1.82, 2.24) is 14.0 Å². The summed E-state index contributed by atoms with van der Waals surface area (Å²) in [7, 11) is 0. The highest BCUT2D eigenvalue weighted by atomic mass is 15.1. The van der Waals surface area contributed by atoms with Gasteiger partial charge in [0.1, 0.15) is 0 Å². The molecule has 0 fully saturated rings. The Morgan fingerprint density at radius 1 is 0.559 bits per heavy atom. The van der Waals surface area contributed by atoms with E-state index in [1.807, 2.05) is 4.90 Å². The molecule has 4 heteroatoms. The summed E-state index contributed by atoms with van der Waals surface area (Å²) in [6.45, 7) is 3.08. The van der Waals surface area contributed by atoms with Gasteiger partial charge in [-0.2, -0.15) is 5.26 Å². The number of nitriles is 1. The summed E-state index contributed by atoms with van der Waals surface area (Å²) in [6, 6.07) is 30.5. The van der Waals surface area contributed by atoms with Crippen LogP contribution >= 0.6 is 0 Å². The fourth-order valence-electron chi connectivity index (χ4n) is 6.02. The van der Waals surface area contributed by atoms with E-state index in [9.17, 15) is 5.26 Å². The van der Waals surface area contributed by atoms with Gasteiger partial charge < -0.3 is 14.0 Å². The second kappa shape index (κ2) is 7.40. The van der Waals surface area contributed by atoms with Crippen LogP contribution in [0, 0.1) is 11.5 Å². The Hall–Kier alpha value is -4.23. The summed E-state index contributed by atoms with van der Waals surface area (Å²) in [5.41, 5.74) is 7.48. The number of fused-ring (bicyclic) bond motifs is 4. The largest absolute Gasteiger partial charge is 0.340 e. The first-order chi connectivity index (χ1) is 16.8. The summed E-state index contributed by atoms with van der Waals surface area (Å²) >= 11 is 0. The first kappa shape index (κ1) is 19.3. The Kier molecular flexibility index (Phi) is 4.19. The molecule has 0 saturated heterocycles. The highest BCUT2D eigenvalue weighted by Crippen LogP contribution is 2.35. The second-order valence-corrected chi connectivity index (χ2v) is 9.27. The zero-order valence-electron chi connectivity index (χ0n) is 18.9. The predicted octanol–water partition coefficient (Wildman–Crippen LogP) is 6.79. The zero-order valence-corrected chi connectivity index (χ0v) is 18.9. The molecule has 8 bridgehead atoms. The normalized spacial score (nSPS) is 14.4. The van der Waals surface area contributed by atoms with E-state index < -0.39 is 0 Å². The molecule has 0 unspecified atom stereocenters. The van der Waals surface area contributed by atoms with Gasteiger partial charge in [-0.1, -0.05) is 60.7 Å². The molecule has 0 atom stereocenters. The number of hydrogen-bond acceptors (Lipinski definition) is 2. The predicted molar refractivity (Wildman–Crippen MR) is 138 cm³/mol. The van der Waals surface area contributed by atoms with Crippen molar-refractivity contribution in [3.63, 3.8) is 0 Å². The Morgan fingerprint density at radius 3 is 1.53 bits per heavy atom. The molecule has 1 aliphatic rings. The topological polar surface area (TPSA) is 36.9 Å². The van der Waals surface area contributed by atoms with Crippen molar-refractivity contribution in [1.29, 1.82) is 5.26 Å². The number of hydrogen-bond donors (Lipinski definition) is 0. The number of nitrogens with zero attached hydrogens (tertiary/aromatic N) is 4. The lowest BCUT2D eigenvalue weighted by Crippen LogP contribution is -2.17. The van der Waals surface area contributed by atoms with Gasteiger partial charge >= 0.3 is 0 Å². The van der Waals surface area contributed by atoms with Crippen molar-refractivity contribution < 1.29 is 0 Å². The maximum absolute atomic E-state index is 10.2. The molecule has 4 nitrogen and oxygen atoms in total. The third kappa shape index (κ3) is 2.71. The second-order valence-electron chi connectivity index (χ2n) is 9.27. The van der Waals surface area contributed by atoms with Crippen LogP contribution in [0.3, 0.4) is 0 Å². The van der Waals surface area contributed by atoms with E-state index >= 15 is 0 Å². The van der Waals surface area contributed by atoms with E-state index in [0.717, 1.165) is 19.5 Å². The molecule has 0 aliphatic carbocycles. The molecule has 0 N–H and O–H groups in total. The fourth-order valence-corrected chi connectivity index (χ4v) is 6.02. The van der Waals surface area contributed by atoms with Gasteiger partial charge in [0.15, 0.2) is 6.19 Å². The van der Waals surface area contributed by atoms with Crippen molar-refractivity contribution in [2.24, 2.45) is 0 Å². The summed E-state index contributed by atoms with van der Waals surface area (Å²) < 4.78 is 4.94. The van der Waals surface area contributed by atoms with E-state index in [0.29, 0.717) is 13.1 Å². The van der Waals surface area contributed by atoms with Crippen LogP contribution in [0.1, 0.15) is 17.5 Å². The van der Waals surface area contributed by atoms with Gasteiger partial charge in [-0.3, -0.25) is 0 Å². The quantitative estimate of drug-likeness (QED) is 0.244. The Bertz CT molecular complexity index is 1640. The van der Waals surface area contributed by atoms with Gasteiger partial charge in [0.05, 0.1) is 13.1 Å². The van der Waals surface area contributed by atoms with Crippen molar-refractivity contribution in [2.75, 3.05) is 0 Å². The van der Waals surface area contributed by atoms with Crippen molar-refractivity contribution >= 4 is 43.6 Å². The molecule has 4 aromatic carbocycles. The van der Waals surface area contributed by atoms with E-state index in [4.69, 9.17) is 0 Å². The summed E-state index contributed by atoms with van der Waals surface area (Å²) in [6.07, 6.45) is 3.53. The molecule has 7 rings (SSSR count). The van der Waals surface area contributed by atoms with Gasteiger partial charge in [-0.15, -0.1) is 0 Å². The molecule has 164 valence electrons. The van der Waals surface area contributed by atoms with Crippen LogP contribution in [-0.2, 0) is 26.2 Å². The molecule has 0 saturated carbocycles. The van der Waals surface area contributed by atoms with E-state index in [2.05, 4.69) is 100 Å². The van der Waals surface area contributed by atoms with Gasteiger partial charge in [0, 0.05) is 56.7 Å². The van der Waals surface area contributed by atoms with Gasteiger partial charge in [0.25, 0.3) is 0 Å². The van der Waals surface area contributed by atoms with Crippen LogP contribution in [0.2, 0.25) is 0 Å². The first-order valence-corrected chi connectivity index (χ1v) is 12.0. The maximum atomic E-state index is 10.2. The molecule has 0 radical (unpaired) electrons. The molecule has 0 spiro atoms. The third-order valence-corrected chi connectivity index (χ3v) is 7.39. The molecule has 3 heterocycles. The minimum Gasteiger partial charge on any atom is -0.340 e. The first-order valence-electron chi connectivity index (χ1n) is 12.0. The van der Waals surface area contributed by atoms with Crippen LogP contribution < -0.4 is 0 Å². The Balaban J connectivity index is 1.51. The molecule has 2 aromatic heterocycles. The molecule has 34 heavy (non-hydrogen) atoms. The van der Waals surface area contributed by atoms with E-state index in [-0.39, 0.29) is 0 Å². The van der Waals surface area contributed by atoms with Crippen molar-refractivity contribution in [2.45, 2.75) is 32.6 Å². The highest BCUT2D eigenvalue weighted by Gasteiger charge is 2.19. The summed E-state index contributed by atoms with van der Waals surface area (Å²) in [4.78, 5) is 1.90. The third-order valence-electron chi connectivity index (χ3n) is 7.39. The monoisotopic (exact) mass is 440 g/mol. The Labute approximate surface area is 197 Å². The SMILES string of the molecule is N#CN1Cc2cccc3c2c2ccccc2n3CCCn2c3ccccc3c3c(cccc32)C1. The highest BCUT2D eigenvalue weighted by molar-refractivity contribution is 6.10. The average Bonchev–Trinajstić information content (AvgIpc) is 3.37. The van der Waals surface area contributed by atoms with Crippen LogP contribution in [0.25, 0.3) is 43.6 Å². The molecule has 6 aromatic rings. The standard InChI is InChI=1S/C30H24N4/c31-20-32-18-21-8-5-14-27-29(21)23-10-1-3-12-25(23)33(27)16-7-17-34-26-13-4-2-11-24(26)30-22(19-32)9-6-15-28(30)34/h1-6,8-15H,7,16-19H2. The smallest absolute Gasteiger partial charge is 0.179 e. The lowest BCUT2D eigenvalue weighted by atomic mass is 10.0. The number of para-hydroxylation sites is 2. The average molecular weight is 441 g/mol. The van der Waals surface area contributed by atoms with Gasteiger partial charge in [0.2, 0.25) is 0 Å². The van der Waals surface area contributed by atoms with E-state index in [1.54, 1.807) is 0 Å². The molecular formula is C30H24N4. The summed E-state index contributed by atoms with van der Waals surface area (Å²) in [5, 5.41) is 15.3. The molecule has 0 amide bonds. The van der Waals surface area contributed by atoms with Gasteiger partial charge in [-0.05, 0) is 41.8 Å². The summed E-state index contributed by atoms with van der Waals surface area (Å²) in [5.74, 6) is 0. The molecular weight excluding hydrogens is 416 g/mol. The van der Waals surface area contributed by atoms with Crippen LogP contribution in [0.4, 0.5) is 0 Å². The minimum atomic E-state index is 0.594. The van der Waals surface area contributed by atoms with Crippen LogP contribution in [0.5, 0.6) is 0 Å². The fraction of sp³-hybridized carbons (Fsp3) is 0.167. The van der Waals surface area contributed by atoms with Crippen molar-refractivity contribution in [3.8, 4) is 6.19 Å². The lowest BCUT2D eigenvalue weighted by molar-refractivity contribution is 0.381. The van der Waals surface area contributed by atoms with Crippen molar-refractivity contribution in [3.05, 3.63) is 96.1 Å². The number of aryl methyl sites for hydroxylation is 2. The van der Waals surface area contributed by atoms with Crippen LogP contribution in [-0.4, -0.2) is 14.0 Å². The Morgan fingerprint density at radius 2 is 1.03 bits per heavy atom. The minimum absolute atomic E-state index is 0.594. The lowest BCUT2D eigenvalue weighted by Gasteiger charge is -2.18. The number of aromatic nitrogens is 2. The molecule has 1 aliphatic heterocycles.